The highest BCUT2D eigenvalue weighted by molar-refractivity contribution is 6.06. The van der Waals surface area contributed by atoms with E-state index in [2.05, 4.69) is 0 Å². The van der Waals surface area contributed by atoms with Crippen molar-refractivity contribution in [1.29, 1.82) is 0 Å². The number of hydrogen-bond donors (Lipinski definition) is 1. The van der Waals surface area contributed by atoms with Crippen molar-refractivity contribution >= 4 is 17.5 Å². The van der Waals surface area contributed by atoms with Crippen LogP contribution in [0, 0.1) is 0 Å². The van der Waals surface area contributed by atoms with E-state index in [1.165, 1.54) is 0 Å². The second kappa shape index (κ2) is 8.46. The number of benzene rings is 1. The third-order valence-electron chi connectivity index (χ3n) is 6.07. The second-order valence-corrected chi connectivity index (χ2v) is 8.10. The fourth-order valence-corrected chi connectivity index (χ4v) is 4.85. The lowest BCUT2D eigenvalue weighted by Crippen LogP contribution is -2.41. The number of carboxylic acid groups (broad SMARTS) is 1. The Morgan fingerprint density at radius 1 is 1.00 bits per heavy atom. The largest absolute Gasteiger partial charge is 0.494 e. The molecule has 6 heteroatoms. The van der Waals surface area contributed by atoms with Gasteiger partial charge in [0, 0.05) is 41.3 Å². The maximum Gasteiger partial charge on any atom is 0.323 e. The molecule has 0 bridgehead atoms. The summed E-state index contributed by atoms with van der Waals surface area (Å²) in [6.45, 7) is 2.47. The van der Waals surface area contributed by atoms with Gasteiger partial charge in [-0.2, -0.15) is 0 Å². The molecule has 0 fully saturated rings. The quantitative estimate of drug-likeness (QED) is 0.765. The predicted octanol–water partition coefficient (Wildman–Crippen LogP) is 3.97. The highest BCUT2D eigenvalue weighted by Gasteiger charge is 2.43. The summed E-state index contributed by atoms with van der Waals surface area (Å²) in [5.41, 5.74) is 3.69. The minimum atomic E-state index is -0.958. The Labute approximate surface area is 176 Å². The van der Waals surface area contributed by atoms with Gasteiger partial charge in [0.15, 0.2) is 11.6 Å². The summed E-state index contributed by atoms with van der Waals surface area (Å²) in [6.07, 6.45) is 4.53. The highest BCUT2D eigenvalue weighted by atomic mass is 16.5. The van der Waals surface area contributed by atoms with Crippen molar-refractivity contribution in [3.05, 3.63) is 52.4 Å². The molecule has 0 spiro atoms. The number of Topliss-reactive ketones (excluding diaryl/α,β-unsaturated/α-hetero) is 2. The number of carbonyl (C=O) groups is 3. The molecule has 1 aromatic carbocycles. The van der Waals surface area contributed by atoms with Crippen LogP contribution in [0.3, 0.4) is 0 Å². The van der Waals surface area contributed by atoms with Crippen LogP contribution in [0.5, 0.6) is 5.75 Å². The molecule has 1 heterocycles. The van der Waals surface area contributed by atoms with Crippen LogP contribution in [0.25, 0.3) is 0 Å². The smallest absolute Gasteiger partial charge is 0.323 e. The molecule has 0 radical (unpaired) electrons. The number of ketones is 2. The van der Waals surface area contributed by atoms with Gasteiger partial charge in [0.2, 0.25) is 0 Å². The van der Waals surface area contributed by atoms with Gasteiger partial charge >= 0.3 is 5.97 Å². The fourth-order valence-electron chi connectivity index (χ4n) is 4.85. The Kier molecular flexibility index (Phi) is 5.75. The lowest BCUT2D eigenvalue weighted by atomic mass is 9.71. The molecule has 2 aliphatic carbocycles. The molecule has 1 N–H and O–H groups in total. The zero-order chi connectivity index (χ0) is 21.3. The third-order valence-corrected chi connectivity index (χ3v) is 6.07. The minimum absolute atomic E-state index is 0.0212. The Morgan fingerprint density at radius 3 is 2.07 bits per heavy atom. The molecule has 0 aromatic heterocycles. The van der Waals surface area contributed by atoms with Gasteiger partial charge in [-0.1, -0.05) is 19.1 Å². The first-order chi connectivity index (χ1) is 14.5. The van der Waals surface area contributed by atoms with E-state index in [0.29, 0.717) is 56.3 Å². The molecule has 158 valence electrons. The molecule has 0 atom stereocenters. The molecule has 1 aliphatic heterocycles. The fraction of sp³-hybridized carbons (Fsp3) is 0.458. The molecular formula is C24H27NO5. The summed E-state index contributed by atoms with van der Waals surface area (Å²) in [7, 11) is 0. The van der Waals surface area contributed by atoms with Crippen molar-refractivity contribution < 1.29 is 24.2 Å². The summed E-state index contributed by atoms with van der Waals surface area (Å²) in [4.78, 5) is 39.4. The Balaban J connectivity index is 1.84. The standard InChI is InChI=1S/C24H27NO5/c1-2-13-30-16-11-9-15(10-12-16)22-23-17(5-3-7-19(23)26)25(14-21(28)29)18-6-4-8-20(27)24(18)22/h9-12,22H,2-8,13-14H2,1H3,(H,28,29). The van der Waals surface area contributed by atoms with Gasteiger partial charge in [-0.25, -0.2) is 0 Å². The average Bonchev–Trinajstić information content (AvgIpc) is 2.73. The van der Waals surface area contributed by atoms with Crippen molar-refractivity contribution in [2.45, 2.75) is 57.8 Å². The summed E-state index contributed by atoms with van der Waals surface area (Å²) in [6, 6.07) is 7.63. The molecule has 0 unspecified atom stereocenters. The van der Waals surface area contributed by atoms with Crippen molar-refractivity contribution in [2.75, 3.05) is 13.2 Å². The topological polar surface area (TPSA) is 83.9 Å². The van der Waals surface area contributed by atoms with E-state index in [0.717, 1.165) is 29.1 Å². The molecule has 4 rings (SSSR count). The van der Waals surface area contributed by atoms with Crippen LogP contribution in [0.2, 0.25) is 0 Å². The van der Waals surface area contributed by atoms with Crippen LogP contribution in [0.1, 0.15) is 63.4 Å². The van der Waals surface area contributed by atoms with E-state index < -0.39 is 11.9 Å². The molecular weight excluding hydrogens is 382 g/mol. The molecule has 0 amide bonds. The monoisotopic (exact) mass is 409 g/mol. The maximum absolute atomic E-state index is 13.0. The zero-order valence-electron chi connectivity index (χ0n) is 17.3. The van der Waals surface area contributed by atoms with Crippen molar-refractivity contribution in [3.8, 4) is 5.75 Å². The van der Waals surface area contributed by atoms with Crippen LogP contribution < -0.4 is 4.74 Å². The summed E-state index contributed by atoms with van der Waals surface area (Å²) < 4.78 is 5.68. The van der Waals surface area contributed by atoms with Crippen molar-refractivity contribution in [2.24, 2.45) is 0 Å². The average molecular weight is 409 g/mol. The van der Waals surface area contributed by atoms with Gasteiger partial charge < -0.3 is 14.7 Å². The van der Waals surface area contributed by atoms with Crippen molar-refractivity contribution in [1.82, 2.24) is 4.90 Å². The second-order valence-electron chi connectivity index (χ2n) is 8.10. The van der Waals surface area contributed by atoms with E-state index in [1.807, 2.05) is 31.2 Å². The van der Waals surface area contributed by atoms with E-state index in [1.54, 1.807) is 4.90 Å². The lowest BCUT2D eigenvalue weighted by Gasteiger charge is -2.43. The van der Waals surface area contributed by atoms with Gasteiger partial charge in [0.1, 0.15) is 12.3 Å². The number of rotatable bonds is 6. The normalized spacial score (nSPS) is 19.7. The molecule has 0 saturated carbocycles. The summed E-state index contributed by atoms with van der Waals surface area (Å²) in [5, 5.41) is 9.49. The maximum atomic E-state index is 13.0. The van der Waals surface area contributed by atoms with Gasteiger partial charge in [-0.3, -0.25) is 14.4 Å². The van der Waals surface area contributed by atoms with E-state index >= 15 is 0 Å². The summed E-state index contributed by atoms with van der Waals surface area (Å²) in [5.74, 6) is -0.570. The molecule has 0 saturated heterocycles. The lowest BCUT2D eigenvalue weighted by molar-refractivity contribution is -0.138. The van der Waals surface area contributed by atoms with E-state index in [4.69, 9.17) is 4.74 Å². The molecule has 6 nitrogen and oxygen atoms in total. The van der Waals surface area contributed by atoms with Crippen molar-refractivity contribution in [3.63, 3.8) is 0 Å². The van der Waals surface area contributed by atoms with Gasteiger partial charge in [-0.05, 0) is 49.8 Å². The number of ether oxygens (including phenoxy) is 1. The molecule has 1 aromatic rings. The minimum Gasteiger partial charge on any atom is -0.494 e. The summed E-state index contributed by atoms with van der Waals surface area (Å²) >= 11 is 0. The van der Waals surface area contributed by atoms with Crippen LogP contribution in [-0.2, 0) is 14.4 Å². The number of carboxylic acids is 1. The Hall–Kier alpha value is -2.89. The Morgan fingerprint density at radius 2 is 1.57 bits per heavy atom. The first-order valence-corrected chi connectivity index (χ1v) is 10.8. The highest BCUT2D eigenvalue weighted by Crippen LogP contribution is 2.49. The van der Waals surface area contributed by atoms with Crippen LogP contribution in [0.4, 0.5) is 0 Å². The zero-order valence-corrected chi connectivity index (χ0v) is 17.3. The first-order valence-electron chi connectivity index (χ1n) is 10.8. The number of nitrogens with zero attached hydrogens (tertiary/aromatic N) is 1. The third kappa shape index (κ3) is 3.66. The van der Waals surface area contributed by atoms with Gasteiger partial charge in [0.05, 0.1) is 6.61 Å². The van der Waals surface area contributed by atoms with E-state index in [9.17, 15) is 19.5 Å². The van der Waals surface area contributed by atoms with Crippen LogP contribution >= 0.6 is 0 Å². The first kappa shape index (κ1) is 20.4. The van der Waals surface area contributed by atoms with E-state index in [-0.39, 0.29) is 18.1 Å². The van der Waals surface area contributed by atoms with Gasteiger partial charge in [0.25, 0.3) is 0 Å². The number of aliphatic carboxylic acids is 1. The predicted molar refractivity (Wildman–Crippen MR) is 111 cm³/mol. The number of allylic oxidation sites excluding steroid dienone is 4. The number of carbonyl (C=O) groups excluding carboxylic acids is 2. The van der Waals surface area contributed by atoms with Gasteiger partial charge in [-0.15, -0.1) is 0 Å². The Bertz CT molecular complexity index is 897. The SMILES string of the molecule is CCCOc1ccc(C2C3=C(CCCC3=O)N(CC(=O)O)C3=C2C(=O)CCC3)cc1. The van der Waals surface area contributed by atoms with Crippen LogP contribution in [0.15, 0.2) is 46.8 Å². The molecule has 3 aliphatic rings. The van der Waals surface area contributed by atoms with Crippen LogP contribution in [-0.4, -0.2) is 40.7 Å². The number of hydrogen-bond acceptors (Lipinski definition) is 5. The molecule has 30 heavy (non-hydrogen) atoms.